The number of nitrogens with zero attached hydrogens (tertiary/aromatic N) is 4. The van der Waals surface area contributed by atoms with Gasteiger partial charge in [-0.1, -0.05) is 20.3 Å². The van der Waals surface area contributed by atoms with Gasteiger partial charge in [-0.15, -0.1) is 10.2 Å². The van der Waals surface area contributed by atoms with Crippen LogP contribution in [0.4, 0.5) is 13.2 Å². The van der Waals surface area contributed by atoms with Gasteiger partial charge in [0.1, 0.15) is 5.82 Å². The number of nitrogens with two attached hydrogens (primary N) is 1. The lowest BCUT2D eigenvalue weighted by Crippen LogP contribution is -2.48. The summed E-state index contributed by atoms with van der Waals surface area (Å²) < 4.78 is 39.4. The van der Waals surface area contributed by atoms with Crippen LogP contribution in [-0.2, 0) is 19.3 Å². The molecule has 20 heavy (non-hydrogen) atoms. The van der Waals surface area contributed by atoms with Crippen LogP contribution in [0.15, 0.2) is 0 Å². The van der Waals surface area contributed by atoms with Gasteiger partial charge in [-0.25, -0.2) is 0 Å². The number of hydrogen-bond acceptors (Lipinski definition) is 4. The fourth-order valence-electron chi connectivity index (χ4n) is 2.68. The Bertz CT molecular complexity index is 456. The number of alkyl halides is 3. The van der Waals surface area contributed by atoms with Crippen molar-refractivity contribution in [3.8, 4) is 0 Å². The minimum Gasteiger partial charge on any atom is -0.329 e. The summed E-state index contributed by atoms with van der Waals surface area (Å²) in [5, 5.41) is 6.97. The number of halogens is 3. The molecule has 0 spiro atoms. The minimum atomic E-state index is -4.45. The first kappa shape index (κ1) is 15.2. The number of rotatable bonds is 4. The molecule has 0 aromatic carbocycles. The Labute approximate surface area is 115 Å². The first-order chi connectivity index (χ1) is 9.38. The maximum absolute atomic E-state index is 12.8. The van der Waals surface area contributed by atoms with Gasteiger partial charge in [-0.05, 0) is 5.92 Å². The van der Waals surface area contributed by atoms with Crippen LogP contribution in [0.25, 0.3) is 0 Å². The van der Waals surface area contributed by atoms with Gasteiger partial charge in [0.15, 0.2) is 0 Å². The molecule has 1 aromatic rings. The number of aromatic nitrogens is 3. The van der Waals surface area contributed by atoms with Crippen molar-refractivity contribution >= 4 is 0 Å². The van der Waals surface area contributed by atoms with Crippen LogP contribution in [0.3, 0.4) is 0 Å². The Morgan fingerprint density at radius 2 is 2.00 bits per heavy atom. The number of fused-ring (bicyclic) bond motifs is 1. The quantitative estimate of drug-likeness (QED) is 0.913. The summed E-state index contributed by atoms with van der Waals surface area (Å²) in [5.74, 6) is -0.137. The van der Waals surface area contributed by atoms with E-state index < -0.39 is 12.0 Å². The van der Waals surface area contributed by atoms with Crippen molar-refractivity contribution in [2.24, 2.45) is 11.7 Å². The fraction of sp³-hybridized carbons (Fsp3) is 0.833. The summed E-state index contributed by atoms with van der Waals surface area (Å²) >= 11 is 0. The monoisotopic (exact) mass is 291 g/mol. The van der Waals surface area contributed by atoms with E-state index in [1.807, 2.05) is 0 Å². The van der Waals surface area contributed by atoms with E-state index in [-0.39, 0.29) is 12.6 Å². The van der Waals surface area contributed by atoms with Crippen LogP contribution in [0.2, 0.25) is 0 Å². The molecular weight excluding hydrogens is 271 g/mol. The first-order valence-corrected chi connectivity index (χ1v) is 6.81. The zero-order valence-electron chi connectivity index (χ0n) is 11.7. The van der Waals surface area contributed by atoms with Crippen molar-refractivity contribution in [1.82, 2.24) is 19.7 Å². The largest absolute Gasteiger partial charge is 0.451 e. The molecular formula is C12H20F3N5. The van der Waals surface area contributed by atoms with E-state index in [2.05, 4.69) is 28.9 Å². The van der Waals surface area contributed by atoms with Crippen LogP contribution in [0.5, 0.6) is 0 Å². The molecule has 114 valence electrons. The third kappa shape index (κ3) is 2.80. The molecule has 0 amide bonds. The lowest BCUT2D eigenvalue weighted by atomic mass is 9.97. The highest BCUT2D eigenvalue weighted by atomic mass is 19.4. The summed E-state index contributed by atoms with van der Waals surface area (Å²) in [6, 6.07) is 0.166. The van der Waals surface area contributed by atoms with Crippen LogP contribution in [-0.4, -0.2) is 38.8 Å². The summed E-state index contributed by atoms with van der Waals surface area (Å²) in [7, 11) is 0. The third-order valence-corrected chi connectivity index (χ3v) is 4.05. The van der Waals surface area contributed by atoms with Crippen molar-refractivity contribution in [2.45, 2.75) is 45.6 Å². The molecule has 1 aromatic heterocycles. The van der Waals surface area contributed by atoms with Gasteiger partial charge in [-0.3, -0.25) is 4.90 Å². The van der Waals surface area contributed by atoms with Crippen molar-refractivity contribution in [2.75, 3.05) is 13.1 Å². The zero-order chi connectivity index (χ0) is 14.9. The molecule has 8 heteroatoms. The van der Waals surface area contributed by atoms with Gasteiger partial charge in [-0.2, -0.15) is 13.2 Å². The Hall–Kier alpha value is -1.15. The van der Waals surface area contributed by atoms with Crippen LogP contribution in [0, 0.1) is 5.92 Å². The van der Waals surface area contributed by atoms with Crippen molar-refractivity contribution in [3.63, 3.8) is 0 Å². The molecule has 2 N–H and O–H groups in total. The summed E-state index contributed by atoms with van der Waals surface area (Å²) in [4.78, 5) is 2.11. The Balaban J connectivity index is 2.18. The molecule has 0 radical (unpaired) electrons. The highest BCUT2D eigenvalue weighted by Crippen LogP contribution is 2.30. The fourth-order valence-corrected chi connectivity index (χ4v) is 2.68. The standard InChI is InChI=1S/C12H20F3N5/c1-3-8(2)9(6-16)19-4-5-20-10(7-19)17-18-11(20)12(13,14)15/h8-9H,3-7,16H2,1-2H3. The van der Waals surface area contributed by atoms with Crippen molar-refractivity contribution < 1.29 is 13.2 Å². The van der Waals surface area contributed by atoms with Gasteiger partial charge in [0.05, 0.1) is 6.54 Å². The Kier molecular flexibility index (Phi) is 4.33. The molecule has 0 saturated heterocycles. The molecule has 5 nitrogen and oxygen atoms in total. The Morgan fingerprint density at radius 3 is 2.55 bits per heavy atom. The molecule has 2 heterocycles. The van der Waals surface area contributed by atoms with E-state index in [1.54, 1.807) is 0 Å². The molecule has 2 atom stereocenters. The summed E-state index contributed by atoms with van der Waals surface area (Å²) in [5.41, 5.74) is 5.81. The Morgan fingerprint density at radius 1 is 1.30 bits per heavy atom. The molecule has 2 rings (SSSR count). The molecule has 0 aliphatic carbocycles. The maximum atomic E-state index is 12.8. The van der Waals surface area contributed by atoms with E-state index in [9.17, 15) is 13.2 Å². The minimum absolute atomic E-state index is 0.166. The molecule has 1 aliphatic rings. The second-order valence-electron chi connectivity index (χ2n) is 5.25. The normalized spacial score (nSPS) is 19.7. The van der Waals surface area contributed by atoms with Crippen LogP contribution in [0.1, 0.15) is 31.9 Å². The van der Waals surface area contributed by atoms with Gasteiger partial charge in [0.2, 0.25) is 5.82 Å². The summed E-state index contributed by atoms with van der Waals surface area (Å²) in [6.07, 6.45) is -3.46. The second kappa shape index (κ2) is 5.69. The van der Waals surface area contributed by atoms with E-state index in [4.69, 9.17) is 5.73 Å². The lowest BCUT2D eigenvalue weighted by Gasteiger charge is -2.37. The molecule has 0 bridgehead atoms. The van der Waals surface area contributed by atoms with E-state index in [0.29, 0.717) is 31.4 Å². The highest BCUT2D eigenvalue weighted by molar-refractivity contribution is 5.03. The average Bonchev–Trinajstić information content (AvgIpc) is 2.82. The van der Waals surface area contributed by atoms with E-state index >= 15 is 0 Å². The topological polar surface area (TPSA) is 60.0 Å². The SMILES string of the molecule is CCC(C)C(CN)N1CCn2c(nnc2C(F)(F)F)C1. The predicted octanol–water partition coefficient (Wildman–Crippen LogP) is 1.49. The number of hydrogen-bond donors (Lipinski definition) is 1. The molecule has 2 unspecified atom stereocenters. The van der Waals surface area contributed by atoms with Gasteiger partial charge in [0, 0.05) is 25.7 Å². The molecule has 0 saturated carbocycles. The molecule has 1 aliphatic heterocycles. The van der Waals surface area contributed by atoms with E-state index in [1.165, 1.54) is 4.57 Å². The summed E-state index contributed by atoms with van der Waals surface area (Å²) in [6.45, 7) is 5.86. The second-order valence-corrected chi connectivity index (χ2v) is 5.25. The smallest absolute Gasteiger partial charge is 0.329 e. The lowest BCUT2D eigenvalue weighted by molar-refractivity contribution is -0.148. The maximum Gasteiger partial charge on any atom is 0.451 e. The van der Waals surface area contributed by atoms with Crippen molar-refractivity contribution in [3.05, 3.63) is 11.6 Å². The third-order valence-electron chi connectivity index (χ3n) is 4.05. The molecule has 0 fully saturated rings. The predicted molar refractivity (Wildman–Crippen MR) is 67.7 cm³/mol. The van der Waals surface area contributed by atoms with Gasteiger partial charge >= 0.3 is 6.18 Å². The first-order valence-electron chi connectivity index (χ1n) is 6.81. The van der Waals surface area contributed by atoms with Gasteiger partial charge in [0.25, 0.3) is 0 Å². The van der Waals surface area contributed by atoms with Crippen LogP contribution < -0.4 is 5.73 Å². The van der Waals surface area contributed by atoms with E-state index in [0.717, 1.165) is 6.42 Å². The van der Waals surface area contributed by atoms with Crippen molar-refractivity contribution in [1.29, 1.82) is 0 Å². The highest BCUT2D eigenvalue weighted by Gasteiger charge is 2.40. The zero-order valence-corrected chi connectivity index (χ0v) is 11.7. The van der Waals surface area contributed by atoms with Crippen LogP contribution >= 0.6 is 0 Å². The average molecular weight is 291 g/mol. The van der Waals surface area contributed by atoms with Gasteiger partial charge < -0.3 is 10.3 Å².